The minimum atomic E-state index is -1.27. The molecule has 308 valence electrons. The number of amides is 2. The molecule has 0 aliphatic heterocycles. The van der Waals surface area contributed by atoms with Gasteiger partial charge in [0.15, 0.2) is 0 Å². The van der Waals surface area contributed by atoms with E-state index in [2.05, 4.69) is 23.3 Å². The summed E-state index contributed by atoms with van der Waals surface area (Å²) in [5.41, 5.74) is 42.0. The minimum absolute atomic E-state index is 0.0719. The van der Waals surface area contributed by atoms with Gasteiger partial charge in [0.2, 0.25) is 11.8 Å². The molecule has 0 aromatic heterocycles. The van der Waals surface area contributed by atoms with Gasteiger partial charge in [0.05, 0.1) is 12.6 Å². The lowest BCUT2D eigenvalue weighted by molar-refractivity contribution is -0.142. The Hall–Kier alpha value is -3.19. The summed E-state index contributed by atoms with van der Waals surface area (Å²) in [6.07, 6.45) is 7.87. The van der Waals surface area contributed by atoms with Crippen molar-refractivity contribution in [1.82, 2.24) is 10.6 Å². The van der Waals surface area contributed by atoms with E-state index in [0.717, 1.165) is 38.5 Å². The lowest BCUT2D eigenvalue weighted by Crippen LogP contribution is -2.56. The van der Waals surface area contributed by atoms with Crippen molar-refractivity contribution in [3.05, 3.63) is 0 Å². The summed E-state index contributed by atoms with van der Waals surface area (Å²) < 4.78 is 0. The number of hydrogen-bond donors (Lipinski definition) is 16. The zero-order valence-electron chi connectivity index (χ0n) is 29.9. The van der Waals surface area contributed by atoms with Crippen molar-refractivity contribution in [2.45, 2.75) is 113 Å². The molecule has 0 heterocycles. The Labute approximate surface area is 310 Å². The monoisotopic (exact) mass is 774 g/mol. The van der Waals surface area contributed by atoms with Gasteiger partial charge in [-0.15, -0.1) is 0 Å². The molecule has 0 aromatic carbocycles. The fraction of sp³-hybridized carbons (Fsp3) is 0.800. The maximum absolute atomic E-state index is 11.9. The van der Waals surface area contributed by atoms with Crippen LogP contribution in [-0.2, 0) is 28.8 Å². The number of aliphatic hydroxyl groups excluding tert-OH is 1. The number of carboxylic acids is 4. The first-order valence-electron chi connectivity index (χ1n) is 17.0. The van der Waals surface area contributed by atoms with Crippen molar-refractivity contribution in [3.8, 4) is 0 Å². The van der Waals surface area contributed by atoms with E-state index in [1.54, 1.807) is 0 Å². The van der Waals surface area contributed by atoms with Crippen LogP contribution in [0.4, 0.5) is 0 Å². The van der Waals surface area contributed by atoms with Crippen molar-refractivity contribution in [3.63, 3.8) is 0 Å². The highest BCUT2D eigenvalue weighted by Crippen LogP contribution is 2.02. The molecular weight excluding hydrogens is 708 g/mol. The molecule has 52 heavy (non-hydrogen) atoms. The van der Waals surface area contributed by atoms with Gasteiger partial charge in [-0.05, 0) is 84.0 Å². The molecule has 6 atom stereocenters. The zero-order valence-corrected chi connectivity index (χ0v) is 30.8. The van der Waals surface area contributed by atoms with Gasteiger partial charge in [-0.3, -0.25) is 24.0 Å². The summed E-state index contributed by atoms with van der Waals surface area (Å²) in [5, 5.41) is 47.7. The summed E-state index contributed by atoms with van der Waals surface area (Å²) in [5.74, 6) is -5.37. The van der Waals surface area contributed by atoms with E-state index in [9.17, 15) is 28.8 Å². The Balaban J connectivity index is -0.000000322. The van der Waals surface area contributed by atoms with Crippen LogP contribution in [0.15, 0.2) is 0 Å². The van der Waals surface area contributed by atoms with Gasteiger partial charge in [0.25, 0.3) is 0 Å². The molecule has 0 aromatic rings. The number of rotatable bonds is 26. The standard InChI is InChI=1S/C12H24N4O5S.3C6H14N2O2/c13-4-2-1-3-8(12(20)21)15-11(19)9(5-17)16-10(18)7(14)6-22;3*7-4-2-1-3-5(8)6(9)10/h7-9,17,22H,1-6,13-14H2,(H,15,19)(H,16,18)(H,20,21);3*5H,1-4,7-8H2,(H,9,10). The Morgan fingerprint density at radius 1 is 0.462 bits per heavy atom. The smallest absolute Gasteiger partial charge is 0.326 e. The van der Waals surface area contributed by atoms with E-state index in [1.807, 2.05) is 0 Å². The first-order valence-corrected chi connectivity index (χ1v) is 17.6. The highest BCUT2D eigenvalue weighted by molar-refractivity contribution is 7.80. The van der Waals surface area contributed by atoms with Gasteiger partial charge in [0.1, 0.15) is 30.2 Å². The van der Waals surface area contributed by atoms with Crippen LogP contribution in [0.3, 0.4) is 0 Å². The van der Waals surface area contributed by atoms with Crippen molar-refractivity contribution in [2.24, 2.45) is 45.9 Å². The average Bonchev–Trinajstić information content (AvgIpc) is 3.10. The van der Waals surface area contributed by atoms with Crippen LogP contribution in [-0.4, -0.2) is 136 Å². The maximum Gasteiger partial charge on any atom is 0.326 e. The number of carboxylic acid groups (broad SMARTS) is 4. The summed E-state index contributed by atoms with van der Waals surface area (Å²) in [4.78, 5) is 65.0. The van der Waals surface area contributed by atoms with E-state index >= 15 is 0 Å². The minimum Gasteiger partial charge on any atom is -0.480 e. The number of hydrogen-bond acceptors (Lipinski definition) is 16. The van der Waals surface area contributed by atoms with Crippen LogP contribution in [0.1, 0.15) is 77.0 Å². The molecule has 0 rings (SSSR count). The predicted molar refractivity (Wildman–Crippen MR) is 199 cm³/mol. The molecule has 0 saturated carbocycles. The van der Waals surface area contributed by atoms with Crippen LogP contribution < -0.4 is 56.5 Å². The second kappa shape index (κ2) is 37.6. The lowest BCUT2D eigenvalue weighted by atomic mass is 10.1. The molecule has 6 unspecified atom stereocenters. The third-order valence-corrected chi connectivity index (χ3v) is 7.16. The largest absolute Gasteiger partial charge is 0.480 e. The third kappa shape index (κ3) is 35.2. The van der Waals surface area contributed by atoms with Gasteiger partial charge in [-0.2, -0.15) is 12.6 Å². The van der Waals surface area contributed by atoms with Gasteiger partial charge in [-0.25, -0.2) is 4.79 Å². The summed E-state index contributed by atoms with van der Waals surface area (Å²) in [6.45, 7) is 1.56. The van der Waals surface area contributed by atoms with E-state index in [4.69, 9.17) is 71.4 Å². The number of aliphatic carboxylic acids is 4. The summed E-state index contributed by atoms with van der Waals surface area (Å²) in [6, 6.07) is -5.45. The molecule has 22 heteroatoms. The van der Waals surface area contributed by atoms with Crippen molar-refractivity contribution in [1.29, 1.82) is 0 Å². The Morgan fingerprint density at radius 2 is 0.769 bits per heavy atom. The number of nitrogens with one attached hydrogen (secondary N) is 2. The van der Waals surface area contributed by atoms with Crippen molar-refractivity contribution in [2.75, 3.05) is 38.5 Å². The van der Waals surface area contributed by atoms with Crippen LogP contribution in [0.25, 0.3) is 0 Å². The fourth-order valence-corrected chi connectivity index (χ4v) is 3.64. The third-order valence-electron chi connectivity index (χ3n) is 6.77. The second-order valence-electron chi connectivity index (χ2n) is 11.4. The Bertz CT molecular complexity index is 911. The van der Waals surface area contributed by atoms with E-state index < -0.39 is 78.5 Å². The molecular formula is C30H66N10O11S. The second-order valence-corrected chi connectivity index (χ2v) is 11.8. The SMILES string of the molecule is NCCCCC(N)C(=O)O.NCCCCC(N)C(=O)O.NCCCCC(N)C(=O)O.NCCCCC(NC(=O)C(CO)NC(=O)C(N)CS)C(=O)O. The topological polar surface area (TPSA) is 436 Å². The molecule has 0 aliphatic rings. The number of aliphatic hydroxyl groups is 1. The normalized spacial score (nSPS) is 13.7. The van der Waals surface area contributed by atoms with E-state index in [1.165, 1.54) is 0 Å². The van der Waals surface area contributed by atoms with Crippen LogP contribution >= 0.6 is 12.6 Å². The summed E-state index contributed by atoms with van der Waals surface area (Å²) >= 11 is 3.85. The van der Waals surface area contributed by atoms with E-state index in [-0.39, 0.29) is 12.2 Å². The molecule has 0 fully saturated rings. The first kappa shape index (κ1) is 55.6. The fourth-order valence-electron chi connectivity index (χ4n) is 3.47. The van der Waals surface area contributed by atoms with Crippen LogP contribution in [0.5, 0.6) is 0 Å². The highest BCUT2D eigenvalue weighted by atomic mass is 32.1. The highest BCUT2D eigenvalue weighted by Gasteiger charge is 2.27. The van der Waals surface area contributed by atoms with Crippen molar-refractivity contribution < 1.29 is 54.3 Å². The molecule has 0 bridgehead atoms. The van der Waals surface area contributed by atoms with Gasteiger partial charge in [0, 0.05) is 5.75 Å². The summed E-state index contributed by atoms with van der Waals surface area (Å²) in [7, 11) is 0. The molecule has 0 aliphatic carbocycles. The number of carbonyl (C=O) groups excluding carboxylic acids is 2. The quantitative estimate of drug-likeness (QED) is 0.0294. The number of unbranched alkanes of at least 4 members (excludes halogenated alkanes) is 4. The molecule has 21 nitrogen and oxygen atoms in total. The first-order chi connectivity index (χ1) is 24.4. The number of carbonyl (C=O) groups is 6. The maximum atomic E-state index is 11.9. The number of nitrogens with two attached hydrogens (primary N) is 8. The van der Waals surface area contributed by atoms with Gasteiger partial charge >= 0.3 is 23.9 Å². The van der Waals surface area contributed by atoms with E-state index in [0.29, 0.717) is 58.3 Å². The molecule has 0 spiro atoms. The van der Waals surface area contributed by atoms with Crippen LogP contribution in [0.2, 0.25) is 0 Å². The molecule has 0 saturated heterocycles. The Kier molecular flexibility index (Phi) is 40.1. The molecule has 23 N–H and O–H groups in total. The Morgan fingerprint density at radius 3 is 1.02 bits per heavy atom. The lowest BCUT2D eigenvalue weighted by Gasteiger charge is -2.21. The zero-order chi connectivity index (χ0) is 41.1. The van der Waals surface area contributed by atoms with Gasteiger partial charge < -0.3 is 82.0 Å². The van der Waals surface area contributed by atoms with Crippen molar-refractivity contribution >= 4 is 48.3 Å². The average molecular weight is 775 g/mol. The molecule has 0 radical (unpaired) electrons. The van der Waals surface area contributed by atoms with Gasteiger partial charge in [-0.1, -0.05) is 19.3 Å². The predicted octanol–water partition coefficient (Wildman–Crippen LogP) is -4.00. The van der Waals surface area contributed by atoms with Crippen LogP contribution in [0, 0.1) is 0 Å². The number of thiol groups is 1. The molecule has 2 amide bonds.